The summed E-state index contributed by atoms with van der Waals surface area (Å²) >= 11 is 0. The number of rotatable bonds is 5. The number of hydrogen-bond acceptors (Lipinski definition) is 6. The molecule has 0 spiro atoms. The van der Waals surface area contributed by atoms with Gasteiger partial charge in [0.15, 0.2) is 0 Å². The van der Waals surface area contributed by atoms with Crippen molar-refractivity contribution < 1.29 is 31.9 Å². The topological polar surface area (TPSA) is 98.8 Å². The van der Waals surface area contributed by atoms with Crippen LogP contribution in [0, 0.1) is 12.7 Å². The van der Waals surface area contributed by atoms with Crippen molar-refractivity contribution in [2.24, 2.45) is 0 Å². The predicted octanol–water partition coefficient (Wildman–Crippen LogP) is 2.41. The Morgan fingerprint density at radius 3 is 2.56 bits per heavy atom. The van der Waals surface area contributed by atoms with Crippen LogP contribution in [0.15, 0.2) is 47.4 Å². The lowest BCUT2D eigenvalue weighted by molar-refractivity contribution is -0.145. The number of sulfonamides is 1. The van der Waals surface area contributed by atoms with Gasteiger partial charge in [-0.05, 0) is 48.9 Å². The van der Waals surface area contributed by atoms with Crippen LogP contribution in [0.3, 0.4) is 0 Å². The molecule has 0 unspecified atom stereocenters. The van der Waals surface area contributed by atoms with Crippen LogP contribution < -0.4 is 4.72 Å². The number of aryl methyl sites for hydroxylation is 1. The highest BCUT2D eigenvalue weighted by molar-refractivity contribution is 7.92. The number of halogens is 1. The quantitative estimate of drug-likeness (QED) is 0.784. The fourth-order valence-corrected chi connectivity index (χ4v) is 3.58. The largest absolute Gasteiger partial charge is 0.463 e. The number of carbonyl (C=O) groups excluding carboxylic acids is 2. The van der Waals surface area contributed by atoms with E-state index in [4.69, 9.17) is 9.47 Å². The molecule has 0 aliphatic carbocycles. The lowest BCUT2D eigenvalue weighted by atomic mass is 10.1. The number of benzene rings is 2. The molecule has 0 amide bonds. The summed E-state index contributed by atoms with van der Waals surface area (Å²) in [6.07, 6.45) is -0.734. The van der Waals surface area contributed by atoms with E-state index >= 15 is 0 Å². The van der Waals surface area contributed by atoms with Crippen LogP contribution in [0.4, 0.5) is 10.1 Å². The lowest BCUT2D eigenvalue weighted by Crippen LogP contribution is -2.23. The van der Waals surface area contributed by atoms with Crippen molar-refractivity contribution >= 4 is 27.6 Å². The van der Waals surface area contributed by atoms with Crippen LogP contribution in [0.5, 0.6) is 0 Å². The Morgan fingerprint density at radius 2 is 1.93 bits per heavy atom. The van der Waals surface area contributed by atoms with Gasteiger partial charge in [0, 0.05) is 12.1 Å². The van der Waals surface area contributed by atoms with E-state index in [0.717, 1.165) is 12.1 Å². The third-order valence-electron chi connectivity index (χ3n) is 3.97. The first-order chi connectivity index (χ1) is 12.8. The van der Waals surface area contributed by atoms with Gasteiger partial charge in [0.2, 0.25) is 6.10 Å². The van der Waals surface area contributed by atoms with Crippen LogP contribution in [0.1, 0.15) is 22.3 Å². The number of ether oxygens (including phenoxy) is 2. The highest BCUT2D eigenvalue weighted by Gasteiger charge is 2.31. The summed E-state index contributed by atoms with van der Waals surface area (Å²) in [4.78, 5) is 23.6. The fraction of sp³-hybridized carbons (Fsp3) is 0.222. The van der Waals surface area contributed by atoms with E-state index < -0.39 is 33.9 Å². The molecule has 1 N–H and O–H groups in total. The summed E-state index contributed by atoms with van der Waals surface area (Å²) in [7, 11) is -4.01. The second-order valence-corrected chi connectivity index (χ2v) is 7.62. The maximum Gasteiger partial charge on any atom is 0.347 e. The van der Waals surface area contributed by atoms with Gasteiger partial charge < -0.3 is 9.47 Å². The second-order valence-electron chi connectivity index (χ2n) is 5.94. The van der Waals surface area contributed by atoms with Crippen molar-refractivity contribution in [1.82, 2.24) is 0 Å². The van der Waals surface area contributed by atoms with Gasteiger partial charge in [0.1, 0.15) is 5.82 Å². The van der Waals surface area contributed by atoms with E-state index in [1.807, 2.05) is 0 Å². The number of esters is 2. The smallest absolute Gasteiger partial charge is 0.347 e. The fourth-order valence-electron chi connectivity index (χ4n) is 2.50. The predicted molar refractivity (Wildman–Crippen MR) is 93.2 cm³/mol. The third-order valence-corrected chi connectivity index (χ3v) is 5.35. The first-order valence-electron chi connectivity index (χ1n) is 8.03. The van der Waals surface area contributed by atoms with Gasteiger partial charge in [0.05, 0.1) is 17.1 Å². The van der Waals surface area contributed by atoms with E-state index in [2.05, 4.69) is 4.72 Å². The maximum atomic E-state index is 13.0. The average molecular weight is 393 g/mol. The molecule has 27 heavy (non-hydrogen) atoms. The second kappa shape index (κ2) is 7.36. The van der Waals surface area contributed by atoms with Crippen molar-refractivity contribution in [2.45, 2.75) is 24.3 Å². The Kier molecular flexibility index (Phi) is 5.13. The molecule has 1 fully saturated rings. The van der Waals surface area contributed by atoms with Crippen LogP contribution in [-0.4, -0.2) is 33.1 Å². The van der Waals surface area contributed by atoms with Crippen molar-refractivity contribution in [3.8, 4) is 0 Å². The molecule has 3 rings (SSSR count). The molecule has 7 nitrogen and oxygen atoms in total. The van der Waals surface area contributed by atoms with Gasteiger partial charge in [-0.2, -0.15) is 0 Å². The Labute approximate surface area is 155 Å². The van der Waals surface area contributed by atoms with Gasteiger partial charge in [-0.15, -0.1) is 0 Å². The number of hydrogen-bond donors (Lipinski definition) is 1. The molecule has 2 aromatic rings. The number of anilines is 1. The molecule has 0 bridgehead atoms. The Hall–Kier alpha value is -2.94. The number of cyclic esters (lactones) is 1. The molecule has 1 atom stereocenters. The first kappa shape index (κ1) is 18.8. The molecular weight excluding hydrogens is 377 g/mol. The molecular formula is C18H16FNO6S. The lowest BCUT2D eigenvalue weighted by Gasteiger charge is -2.13. The van der Waals surface area contributed by atoms with Crippen molar-refractivity contribution in [3.63, 3.8) is 0 Å². The number of nitrogens with one attached hydrogen (secondary N) is 1. The van der Waals surface area contributed by atoms with Gasteiger partial charge in [-0.3, -0.25) is 4.72 Å². The molecule has 2 aromatic carbocycles. The summed E-state index contributed by atoms with van der Waals surface area (Å²) < 4.78 is 50.2. The standard InChI is InChI=1S/C18H16FNO6S/c1-11-2-7-14(27(23,24)20-13-5-3-12(19)4-6-13)10-15(11)17(21)26-16-8-9-25-18(16)22/h2-7,10,16,20H,8-9H2,1H3/t16-/m1/s1. The Morgan fingerprint density at radius 1 is 1.22 bits per heavy atom. The summed E-state index contributed by atoms with van der Waals surface area (Å²) in [6, 6.07) is 8.77. The molecule has 1 aliphatic heterocycles. The summed E-state index contributed by atoms with van der Waals surface area (Å²) in [5, 5.41) is 0. The summed E-state index contributed by atoms with van der Waals surface area (Å²) in [5.41, 5.74) is 0.693. The molecule has 1 saturated heterocycles. The zero-order chi connectivity index (χ0) is 19.6. The Balaban J connectivity index is 1.84. The minimum absolute atomic E-state index is 0.0247. The van der Waals surface area contributed by atoms with Crippen LogP contribution in [-0.2, 0) is 24.3 Å². The monoisotopic (exact) mass is 393 g/mol. The van der Waals surface area contributed by atoms with Gasteiger partial charge in [-0.1, -0.05) is 6.07 Å². The molecule has 0 saturated carbocycles. The SMILES string of the molecule is Cc1ccc(S(=O)(=O)Nc2ccc(F)cc2)cc1C(=O)O[C@@H]1CCOC1=O. The van der Waals surface area contributed by atoms with E-state index in [-0.39, 0.29) is 29.2 Å². The molecule has 1 heterocycles. The first-order valence-corrected chi connectivity index (χ1v) is 9.51. The molecule has 9 heteroatoms. The van der Waals surface area contributed by atoms with Crippen LogP contribution in [0.25, 0.3) is 0 Å². The van der Waals surface area contributed by atoms with E-state index in [0.29, 0.717) is 5.56 Å². The normalized spacial score (nSPS) is 16.7. The van der Waals surface area contributed by atoms with Crippen LogP contribution >= 0.6 is 0 Å². The molecule has 0 radical (unpaired) electrons. The van der Waals surface area contributed by atoms with Gasteiger partial charge in [0.25, 0.3) is 10.0 Å². The minimum Gasteiger partial charge on any atom is -0.463 e. The third kappa shape index (κ3) is 4.25. The molecule has 142 valence electrons. The van der Waals surface area contributed by atoms with Crippen molar-refractivity contribution in [2.75, 3.05) is 11.3 Å². The molecule has 1 aliphatic rings. The van der Waals surface area contributed by atoms with Gasteiger partial charge in [-0.25, -0.2) is 22.4 Å². The minimum atomic E-state index is -4.01. The zero-order valence-electron chi connectivity index (χ0n) is 14.3. The average Bonchev–Trinajstić information content (AvgIpc) is 3.01. The van der Waals surface area contributed by atoms with Crippen molar-refractivity contribution in [1.29, 1.82) is 0 Å². The highest BCUT2D eigenvalue weighted by Crippen LogP contribution is 2.21. The molecule has 0 aromatic heterocycles. The Bertz CT molecular complexity index is 987. The van der Waals surface area contributed by atoms with Gasteiger partial charge >= 0.3 is 11.9 Å². The summed E-state index contributed by atoms with van der Waals surface area (Å²) in [6.45, 7) is 1.79. The van der Waals surface area contributed by atoms with E-state index in [9.17, 15) is 22.4 Å². The zero-order valence-corrected chi connectivity index (χ0v) is 15.1. The van der Waals surface area contributed by atoms with E-state index in [1.165, 1.54) is 30.3 Å². The summed E-state index contributed by atoms with van der Waals surface area (Å²) in [5.74, 6) is -1.93. The number of carbonyl (C=O) groups is 2. The van der Waals surface area contributed by atoms with E-state index in [1.54, 1.807) is 6.92 Å². The van der Waals surface area contributed by atoms with Crippen LogP contribution in [0.2, 0.25) is 0 Å². The maximum absolute atomic E-state index is 13.0. The van der Waals surface area contributed by atoms with Crippen molar-refractivity contribution in [3.05, 3.63) is 59.4 Å². The highest BCUT2D eigenvalue weighted by atomic mass is 32.2.